The Balaban J connectivity index is 2.31. The number of carbonyl (C=O) groups is 2. The highest BCUT2D eigenvalue weighted by molar-refractivity contribution is 5.96. The molecule has 4 heteroatoms. The van der Waals surface area contributed by atoms with Gasteiger partial charge in [0, 0.05) is 16.7 Å². The van der Waals surface area contributed by atoms with Gasteiger partial charge in [0.05, 0.1) is 0 Å². The highest BCUT2D eigenvalue weighted by Crippen LogP contribution is 2.25. The zero-order chi connectivity index (χ0) is 17.2. The van der Waals surface area contributed by atoms with Gasteiger partial charge in [0.2, 0.25) is 5.91 Å². The van der Waals surface area contributed by atoms with Crippen molar-refractivity contribution in [2.24, 2.45) is 5.73 Å². The van der Waals surface area contributed by atoms with Gasteiger partial charge < -0.3 is 11.1 Å². The predicted molar refractivity (Wildman–Crippen MR) is 92.4 cm³/mol. The van der Waals surface area contributed by atoms with Crippen LogP contribution >= 0.6 is 0 Å². The zero-order valence-electron chi connectivity index (χ0n) is 13.9. The van der Waals surface area contributed by atoms with E-state index in [9.17, 15) is 9.59 Å². The number of nitrogens with two attached hydrogens (primary N) is 1. The lowest BCUT2D eigenvalue weighted by atomic mass is 9.97. The van der Waals surface area contributed by atoms with Gasteiger partial charge in [-0.05, 0) is 68.7 Å². The molecule has 120 valence electrons. The van der Waals surface area contributed by atoms with E-state index in [1.54, 1.807) is 24.3 Å². The summed E-state index contributed by atoms with van der Waals surface area (Å²) in [6.07, 6.45) is 0. The van der Waals surface area contributed by atoms with Crippen LogP contribution in [0.25, 0.3) is 11.1 Å². The molecule has 4 nitrogen and oxygen atoms in total. The third kappa shape index (κ3) is 4.19. The lowest BCUT2D eigenvalue weighted by Crippen LogP contribution is -2.40. The summed E-state index contributed by atoms with van der Waals surface area (Å²) < 4.78 is 0. The summed E-state index contributed by atoms with van der Waals surface area (Å²) in [4.78, 5) is 23.5. The van der Waals surface area contributed by atoms with Crippen LogP contribution in [0.2, 0.25) is 0 Å². The van der Waals surface area contributed by atoms with Crippen molar-refractivity contribution in [3.63, 3.8) is 0 Å². The lowest BCUT2D eigenvalue weighted by Gasteiger charge is -2.20. The molecule has 0 aliphatic carbocycles. The summed E-state index contributed by atoms with van der Waals surface area (Å²) in [5, 5.41) is 2.93. The number of carbonyl (C=O) groups excluding carboxylic acids is 2. The molecule has 2 amide bonds. The molecule has 0 saturated carbocycles. The normalized spacial score (nSPS) is 11.1. The minimum atomic E-state index is -0.451. The highest BCUT2D eigenvalue weighted by Gasteiger charge is 2.15. The Labute approximate surface area is 136 Å². The summed E-state index contributed by atoms with van der Waals surface area (Å²) in [5.74, 6) is -0.556. The smallest absolute Gasteiger partial charge is 0.251 e. The second-order valence-corrected chi connectivity index (χ2v) is 6.68. The lowest BCUT2D eigenvalue weighted by molar-refractivity contribution is 0.0918. The van der Waals surface area contributed by atoms with Crippen molar-refractivity contribution in [1.82, 2.24) is 5.32 Å². The average molecular weight is 310 g/mol. The molecule has 0 aromatic heterocycles. The van der Waals surface area contributed by atoms with Gasteiger partial charge >= 0.3 is 0 Å². The highest BCUT2D eigenvalue weighted by atomic mass is 16.2. The molecular weight excluding hydrogens is 288 g/mol. The van der Waals surface area contributed by atoms with Crippen molar-refractivity contribution < 1.29 is 9.59 Å². The van der Waals surface area contributed by atoms with Gasteiger partial charge in [-0.1, -0.05) is 18.2 Å². The fourth-order valence-electron chi connectivity index (χ4n) is 2.30. The van der Waals surface area contributed by atoms with E-state index in [2.05, 4.69) is 5.32 Å². The largest absolute Gasteiger partial charge is 0.366 e. The fourth-order valence-corrected chi connectivity index (χ4v) is 2.30. The van der Waals surface area contributed by atoms with Crippen LogP contribution < -0.4 is 11.1 Å². The van der Waals surface area contributed by atoms with Gasteiger partial charge in [0.1, 0.15) is 0 Å². The number of amides is 2. The van der Waals surface area contributed by atoms with Gasteiger partial charge in [-0.3, -0.25) is 9.59 Å². The van der Waals surface area contributed by atoms with Crippen molar-refractivity contribution in [2.75, 3.05) is 0 Å². The molecule has 2 rings (SSSR count). The number of hydrogen-bond acceptors (Lipinski definition) is 2. The molecule has 0 heterocycles. The fraction of sp³-hybridized carbons (Fsp3) is 0.263. The first kappa shape index (κ1) is 16.7. The molecule has 2 aromatic carbocycles. The Kier molecular flexibility index (Phi) is 4.55. The van der Waals surface area contributed by atoms with E-state index in [0.717, 1.165) is 16.7 Å². The van der Waals surface area contributed by atoms with Gasteiger partial charge in [0.15, 0.2) is 0 Å². The average Bonchev–Trinajstić information content (AvgIpc) is 2.46. The van der Waals surface area contributed by atoms with Crippen LogP contribution in [0, 0.1) is 6.92 Å². The third-order valence-electron chi connectivity index (χ3n) is 3.47. The van der Waals surface area contributed by atoms with Crippen molar-refractivity contribution in [3.05, 3.63) is 59.2 Å². The number of primary amides is 1. The topological polar surface area (TPSA) is 72.2 Å². The number of benzene rings is 2. The quantitative estimate of drug-likeness (QED) is 0.913. The van der Waals surface area contributed by atoms with Crippen LogP contribution in [-0.4, -0.2) is 17.4 Å². The Bertz CT molecular complexity index is 741. The first-order chi connectivity index (χ1) is 10.7. The van der Waals surface area contributed by atoms with Gasteiger partial charge in [-0.2, -0.15) is 0 Å². The van der Waals surface area contributed by atoms with Crippen molar-refractivity contribution >= 4 is 11.8 Å². The molecule has 3 N–H and O–H groups in total. The van der Waals surface area contributed by atoms with E-state index in [0.29, 0.717) is 11.1 Å². The molecular formula is C19H22N2O2. The summed E-state index contributed by atoms with van der Waals surface area (Å²) in [6, 6.07) is 12.7. The Morgan fingerprint density at radius 3 is 2.04 bits per heavy atom. The maximum absolute atomic E-state index is 12.1. The van der Waals surface area contributed by atoms with Gasteiger partial charge in [-0.25, -0.2) is 0 Å². The number of rotatable bonds is 3. The van der Waals surface area contributed by atoms with E-state index < -0.39 is 5.91 Å². The number of hydrogen-bond donors (Lipinski definition) is 2. The van der Waals surface area contributed by atoms with Crippen LogP contribution in [0.3, 0.4) is 0 Å². The van der Waals surface area contributed by atoms with Crippen molar-refractivity contribution in [3.8, 4) is 11.1 Å². The molecule has 0 aliphatic rings. The molecule has 0 saturated heterocycles. The monoisotopic (exact) mass is 310 g/mol. The predicted octanol–water partition coefficient (Wildman–Crippen LogP) is 3.29. The number of nitrogens with one attached hydrogen (secondary N) is 1. The zero-order valence-corrected chi connectivity index (χ0v) is 13.9. The van der Waals surface area contributed by atoms with E-state index in [4.69, 9.17) is 5.73 Å². The molecule has 2 aromatic rings. The van der Waals surface area contributed by atoms with E-state index in [1.807, 2.05) is 45.9 Å². The molecule has 0 unspecified atom stereocenters. The van der Waals surface area contributed by atoms with E-state index in [-0.39, 0.29) is 11.4 Å². The molecule has 0 radical (unpaired) electrons. The van der Waals surface area contributed by atoms with Gasteiger partial charge in [0.25, 0.3) is 5.91 Å². The summed E-state index contributed by atoms with van der Waals surface area (Å²) in [5.41, 5.74) is 9.06. The summed E-state index contributed by atoms with van der Waals surface area (Å²) in [7, 11) is 0. The van der Waals surface area contributed by atoms with Crippen LogP contribution in [0.15, 0.2) is 42.5 Å². The van der Waals surface area contributed by atoms with Crippen molar-refractivity contribution in [2.45, 2.75) is 33.2 Å². The molecule has 0 bridgehead atoms. The van der Waals surface area contributed by atoms with Crippen LogP contribution in [0.4, 0.5) is 0 Å². The Morgan fingerprint density at radius 2 is 1.52 bits per heavy atom. The van der Waals surface area contributed by atoms with E-state index in [1.165, 1.54) is 0 Å². The van der Waals surface area contributed by atoms with Crippen molar-refractivity contribution in [1.29, 1.82) is 0 Å². The van der Waals surface area contributed by atoms with Crippen LogP contribution in [0.5, 0.6) is 0 Å². The van der Waals surface area contributed by atoms with Crippen LogP contribution in [0.1, 0.15) is 47.1 Å². The minimum absolute atomic E-state index is 0.105. The van der Waals surface area contributed by atoms with Gasteiger partial charge in [-0.15, -0.1) is 0 Å². The molecule has 0 aliphatic heterocycles. The Morgan fingerprint density at radius 1 is 0.957 bits per heavy atom. The maximum atomic E-state index is 12.1. The Hall–Kier alpha value is -2.62. The number of aryl methyl sites for hydroxylation is 1. The second kappa shape index (κ2) is 6.24. The maximum Gasteiger partial charge on any atom is 0.251 e. The summed E-state index contributed by atoms with van der Waals surface area (Å²) in [6.45, 7) is 7.80. The molecule has 0 fully saturated rings. The molecule has 0 atom stereocenters. The van der Waals surface area contributed by atoms with E-state index >= 15 is 0 Å². The summed E-state index contributed by atoms with van der Waals surface area (Å²) >= 11 is 0. The SMILES string of the molecule is Cc1ccc(C(N)=O)cc1-c1ccc(C(=O)NC(C)(C)C)cc1. The van der Waals surface area contributed by atoms with Crippen LogP contribution in [-0.2, 0) is 0 Å². The molecule has 0 spiro atoms. The first-order valence-electron chi connectivity index (χ1n) is 7.51. The standard InChI is InChI=1S/C19H22N2O2/c1-12-5-6-15(17(20)22)11-16(12)13-7-9-14(10-8-13)18(23)21-19(2,3)4/h5-11H,1-4H3,(H2,20,22)(H,21,23). The first-order valence-corrected chi connectivity index (χ1v) is 7.51. The minimum Gasteiger partial charge on any atom is -0.366 e. The second-order valence-electron chi connectivity index (χ2n) is 6.68. The third-order valence-corrected chi connectivity index (χ3v) is 3.47. The molecule has 23 heavy (non-hydrogen) atoms.